The zero-order chi connectivity index (χ0) is 15.5. The number of hydrogen-bond acceptors (Lipinski definition) is 6. The van der Waals surface area contributed by atoms with Gasteiger partial charge in [0, 0.05) is 57.2 Å². The number of carbonyl (C=O) groups excluding carboxylic acids is 1. The standard InChI is InChI=1S/C15H25N5OS/c1-12-16-15(22-17-12)20-5-3-13(4-6-20)11-14(21)19-9-7-18(2)8-10-19/h13H,3-11H2,1-2H3. The van der Waals surface area contributed by atoms with Crippen molar-refractivity contribution in [2.45, 2.75) is 26.2 Å². The first-order valence-electron chi connectivity index (χ1n) is 8.13. The summed E-state index contributed by atoms with van der Waals surface area (Å²) in [6.07, 6.45) is 2.88. The Hall–Kier alpha value is -1.21. The minimum absolute atomic E-state index is 0.346. The Labute approximate surface area is 136 Å². The van der Waals surface area contributed by atoms with E-state index < -0.39 is 0 Å². The Morgan fingerprint density at radius 3 is 2.45 bits per heavy atom. The minimum Gasteiger partial charge on any atom is -0.347 e. The molecule has 2 aliphatic rings. The fourth-order valence-electron chi connectivity index (χ4n) is 3.17. The molecule has 0 N–H and O–H groups in total. The van der Waals surface area contributed by atoms with Gasteiger partial charge in [-0.3, -0.25) is 4.79 Å². The summed E-state index contributed by atoms with van der Waals surface area (Å²) in [7, 11) is 2.12. The van der Waals surface area contributed by atoms with Crippen molar-refractivity contribution in [3.8, 4) is 0 Å². The molecule has 3 rings (SSSR count). The van der Waals surface area contributed by atoms with Crippen LogP contribution in [-0.4, -0.2) is 71.4 Å². The van der Waals surface area contributed by atoms with E-state index in [4.69, 9.17) is 0 Å². The number of piperidine rings is 1. The molecular formula is C15H25N5OS. The minimum atomic E-state index is 0.346. The molecule has 1 aromatic heterocycles. The number of hydrogen-bond donors (Lipinski definition) is 0. The number of amides is 1. The van der Waals surface area contributed by atoms with Gasteiger partial charge in [-0.2, -0.15) is 4.37 Å². The summed E-state index contributed by atoms with van der Waals surface area (Å²) in [5.74, 6) is 1.73. The van der Waals surface area contributed by atoms with Crippen molar-refractivity contribution in [3.63, 3.8) is 0 Å². The maximum atomic E-state index is 12.4. The summed E-state index contributed by atoms with van der Waals surface area (Å²) in [6.45, 7) is 7.70. The third kappa shape index (κ3) is 3.76. The first-order valence-corrected chi connectivity index (χ1v) is 8.91. The van der Waals surface area contributed by atoms with Crippen molar-refractivity contribution in [3.05, 3.63) is 5.82 Å². The van der Waals surface area contributed by atoms with Gasteiger partial charge in [0.25, 0.3) is 0 Å². The van der Waals surface area contributed by atoms with E-state index in [2.05, 4.69) is 26.2 Å². The molecule has 0 atom stereocenters. The molecule has 6 nitrogen and oxygen atoms in total. The van der Waals surface area contributed by atoms with Crippen LogP contribution in [0.3, 0.4) is 0 Å². The fraction of sp³-hybridized carbons (Fsp3) is 0.800. The smallest absolute Gasteiger partial charge is 0.222 e. The third-order valence-electron chi connectivity index (χ3n) is 4.72. The quantitative estimate of drug-likeness (QED) is 0.837. The summed E-state index contributed by atoms with van der Waals surface area (Å²) in [5.41, 5.74) is 0. The molecule has 0 saturated carbocycles. The first-order chi connectivity index (χ1) is 10.6. The number of anilines is 1. The van der Waals surface area contributed by atoms with Crippen molar-refractivity contribution < 1.29 is 4.79 Å². The Bertz CT molecular complexity index is 504. The van der Waals surface area contributed by atoms with Crippen molar-refractivity contribution in [2.75, 3.05) is 51.2 Å². The monoisotopic (exact) mass is 323 g/mol. The van der Waals surface area contributed by atoms with E-state index in [0.29, 0.717) is 18.2 Å². The molecule has 7 heteroatoms. The molecule has 0 radical (unpaired) electrons. The fourth-order valence-corrected chi connectivity index (χ4v) is 3.90. The van der Waals surface area contributed by atoms with Crippen molar-refractivity contribution in [1.82, 2.24) is 19.2 Å². The second-order valence-electron chi connectivity index (χ2n) is 6.44. The van der Waals surface area contributed by atoms with Crippen LogP contribution in [0.2, 0.25) is 0 Å². The highest BCUT2D eigenvalue weighted by molar-refractivity contribution is 7.09. The molecule has 22 heavy (non-hydrogen) atoms. The number of carbonyl (C=O) groups is 1. The van der Waals surface area contributed by atoms with E-state index in [1.165, 1.54) is 11.5 Å². The lowest BCUT2D eigenvalue weighted by atomic mass is 9.93. The molecule has 1 aromatic rings. The largest absolute Gasteiger partial charge is 0.347 e. The predicted octanol–water partition coefficient (Wildman–Crippen LogP) is 1.23. The summed E-state index contributed by atoms with van der Waals surface area (Å²) < 4.78 is 4.25. The van der Waals surface area contributed by atoms with Crippen LogP contribution in [-0.2, 0) is 4.79 Å². The van der Waals surface area contributed by atoms with E-state index in [1.54, 1.807) is 0 Å². The van der Waals surface area contributed by atoms with Crippen molar-refractivity contribution in [1.29, 1.82) is 0 Å². The van der Waals surface area contributed by atoms with E-state index in [1.807, 2.05) is 11.8 Å². The molecule has 2 saturated heterocycles. The highest BCUT2D eigenvalue weighted by atomic mass is 32.1. The summed E-state index contributed by atoms with van der Waals surface area (Å²) in [4.78, 5) is 23.5. The van der Waals surface area contributed by atoms with Crippen LogP contribution >= 0.6 is 11.5 Å². The zero-order valence-corrected chi connectivity index (χ0v) is 14.3. The van der Waals surface area contributed by atoms with Gasteiger partial charge >= 0.3 is 0 Å². The van der Waals surface area contributed by atoms with E-state index >= 15 is 0 Å². The number of aryl methyl sites for hydroxylation is 1. The Morgan fingerprint density at radius 1 is 1.18 bits per heavy atom. The highest BCUT2D eigenvalue weighted by Gasteiger charge is 2.26. The van der Waals surface area contributed by atoms with Crippen molar-refractivity contribution in [2.24, 2.45) is 5.92 Å². The molecule has 2 fully saturated rings. The lowest BCUT2D eigenvalue weighted by Crippen LogP contribution is -2.47. The number of nitrogens with zero attached hydrogens (tertiary/aromatic N) is 5. The van der Waals surface area contributed by atoms with Gasteiger partial charge in [-0.1, -0.05) is 0 Å². The summed E-state index contributed by atoms with van der Waals surface area (Å²) >= 11 is 1.48. The second-order valence-corrected chi connectivity index (χ2v) is 7.17. The van der Waals surface area contributed by atoms with Crippen LogP contribution in [0.25, 0.3) is 0 Å². The van der Waals surface area contributed by atoms with Gasteiger partial charge in [-0.25, -0.2) is 4.98 Å². The predicted molar refractivity (Wildman–Crippen MR) is 88.3 cm³/mol. The molecule has 0 aliphatic carbocycles. The number of piperazine rings is 1. The lowest BCUT2D eigenvalue weighted by Gasteiger charge is -2.35. The van der Waals surface area contributed by atoms with E-state index in [9.17, 15) is 4.79 Å². The molecule has 3 heterocycles. The highest BCUT2D eigenvalue weighted by Crippen LogP contribution is 2.26. The number of likely N-dealkylation sites (N-methyl/N-ethyl adjacent to an activating group) is 1. The molecule has 0 unspecified atom stereocenters. The van der Waals surface area contributed by atoms with Gasteiger partial charge in [0.15, 0.2) is 0 Å². The van der Waals surface area contributed by atoms with Crippen LogP contribution < -0.4 is 4.90 Å². The maximum absolute atomic E-state index is 12.4. The first kappa shape index (κ1) is 15.7. The van der Waals surface area contributed by atoms with Crippen LogP contribution in [0, 0.1) is 12.8 Å². The van der Waals surface area contributed by atoms with Crippen LogP contribution in [0.5, 0.6) is 0 Å². The molecule has 1 amide bonds. The average Bonchev–Trinajstić information content (AvgIpc) is 2.95. The second kappa shape index (κ2) is 6.91. The molecule has 122 valence electrons. The Balaban J connectivity index is 1.44. The maximum Gasteiger partial charge on any atom is 0.222 e. The van der Waals surface area contributed by atoms with Gasteiger partial charge < -0.3 is 14.7 Å². The van der Waals surface area contributed by atoms with Gasteiger partial charge in [0.1, 0.15) is 5.82 Å². The SMILES string of the molecule is Cc1nsc(N2CCC(CC(=O)N3CCN(C)CC3)CC2)n1. The normalized spacial score (nSPS) is 21.4. The Morgan fingerprint density at radius 2 is 1.86 bits per heavy atom. The topological polar surface area (TPSA) is 52.6 Å². The number of rotatable bonds is 3. The lowest BCUT2D eigenvalue weighted by molar-refractivity contribution is -0.133. The molecule has 0 spiro atoms. The van der Waals surface area contributed by atoms with Crippen LogP contribution in [0.15, 0.2) is 0 Å². The van der Waals surface area contributed by atoms with E-state index in [0.717, 1.165) is 63.1 Å². The summed E-state index contributed by atoms with van der Waals surface area (Å²) in [6, 6.07) is 0. The van der Waals surface area contributed by atoms with Gasteiger partial charge in [-0.15, -0.1) is 0 Å². The Kier molecular flexibility index (Phi) is 4.93. The van der Waals surface area contributed by atoms with Crippen molar-refractivity contribution >= 4 is 22.6 Å². The molecule has 0 aromatic carbocycles. The molecular weight excluding hydrogens is 298 g/mol. The van der Waals surface area contributed by atoms with E-state index in [-0.39, 0.29) is 0 Å². The molecule has 0 bridgehead atoms. The molecule has 2 aliphatic heterocycles. The summed E-state index contributed by atoms with van der Waals surface area (Å²) in [5, 5.41) is 1.03. The van der Waals surface area contributed by atoms with Crippen LogP contribution in [0.4, 0.5) is 5.13 Å². The van der Waals surface area contributed by atoms with Crippen LogP contribution in [0.1, 0.15) is 25.1 Å². The van der Waals surface area contributed by atoms with Gasteiger partial charge in [0.2, 0.25) is 11.0 Å². The zero-order valence-electron chi connectivity index (χ0n) is 13.5. The average molecular weight is 323 g/mol. The number of aromatic nitrogens is 2. The third-order valence-corrected chi connectivity index (χ3v) is 5.59. The van der Waals surface area contributed by atoms with Gasteiger partial charge in [0.05, 0.1) is 0 Å². The van der Waals surface area contributed by atoms with Gasteiger partial charge in [-0.05, 0) is 32.7 Å².